The van der Waals surface area contributed by atoms with Crippen molar-refractivity contribution >= 4 is 11.8 Å². The molecule has 0 spiro atoms. The zero-order valence-electron chi connectivity index (χ0n) is 11.9. The van der Waals surface area contributed by atoms with E-state index >= 15 is 0 Å². The molecule has 0 aromatic heterocycles. The number of primary amides is 1. The summed E-state index contributed by atoms with van der Waals surface area (Å²) in [5, 5.41) is 0. The highest BCUT2D eigenvalue weighted by molar-refractivity contribution is 5.84. The van der Waals surface area contributed by atoms with Crippen LogP contribution < -0.4 is 10.5 Å². The first-order valence-corrected chi connectivity index (χ1v) is 7.41. The highest BCUT2D eigenvalue weighted by Crippen LogP contribution is 2.34. The Labute approximate surface area is 124 Å². The van der Waals surface area contributed by atoms with Gasteiger partial charge in [-0.3, -0.25) is 9.59 Å². The minimum absolute atomic E-state index is 0.0228. The van der Waals surface area contributed by atoms with E-state index in [1.807, 2.05) is 30.3 Å². The maximum atomic E-state index is 12.1. The second kappa shape index (κ2) is 5.76. The number of likely N-dealkylation sites (tertiary alicyclic amines) is 1. The molecule has 1 aromatic carbocycles. The van der Waals surface area contributed by atoms with Crippen LogP contribution in [0.1, 0.15) is 12.8 Å². The van der Waals surface area contributed by atoms with Gasteiger partial charge in [0.25, 0.3) is 0 Å². The Hall–Kier alpha value is -2.04. The normalized spacial score (nSPS) is 24.9. The number of rotatable bonds is 5. The van der Waals surface area contributed by atoms with E-state index in [0.717, 1.165) is 18.6 Å². The van der Waals surface area contributed by atoms with Crippen molar-refractivity contribution in [3.8, 4) is 5.75 Å². The SMILES string of the molecule is NC(=O)[C@@H]1CN(C(=O)C2CC2)C[C@H]1COc1ccccc1. The Kier molecular flexibility index (Phi) is 3.82. The van der Waals surface area contributed by atoms with Gasteiger partial charge in [-0.15, -0.1) is 0 Å². The molecular weight excluding hydrogens is 268 g/mol. The third kappa shape index (κ3) is 3.17. The summed E-state index contributed by atoms with van der Waals surface area (Å²) < 4.78 is 5.73. The molecule has 1 heterocycles. The number of ether oxygens (including phenoxy) is 1. The van der Waals surface area contributed by atoms with Gasteiger partial charge in [-0.05, 0) is 25.0 Å². The van der Waals surface area contributed by atoms with Gasteiger partial charge < -0.3 is 15.4 Å². The molecule has 5 heteroatoms. The van der Waals surface area contributed by atoms with Crippen molar-refractivity contribution in [2.75, 3.05) is 19.7 Å². The predicted octanol–water partition coefficient (Wildman–Crippen LogP) is 1.04. The number of benzene rings is 1. The fraction of sp³-hybridized carbons (Fsp3) is 0.500. The first kappa shape index (κ1) is 13.9. The molecule has 1 aromatic rings. The number of amides is 2. The standard InChI is InChI=1S/C16H20N2O3/c17-15(19)14-9-18(16(20)11-6-7-11)8-12(14)10-21-13-4-2-1-3-5-13/h1-5,11-12,14H,6-10H2,(H2,17,19)/t12-,14+/m0/s1. The first-order chi connectivity index (χ1) is 10.1. The molecule has 0 bridgehead atoms. The summed E-state index contributed by atoms with van der Waals surface area (Å²) in [5.41, 5.74) is 5.48. The molecule has 2 N–H and O–H groups in total. The Bertz CT molecular complexity index is 528. The second-order valence-corrected chi connectivity index (χ2v) is 5.91. The van der Waals surface area contributed by atoms with Gasteiger partial charge in [-0.1, -0.05) is 18.2 Å². The van der Waals surface area contributed by atoms with Gasteiger partial charge in [-0.25, -0.2) is 0 Å². The zero-order chi connectivity index (χ0) is 14.8. The minimum atomic E-state index is -0.345. The highest BCUT2D eigenvalue weighted by atomic mass is 16.5. The summed E-state index contributed by atoms with van der Waals surface area (Å²) in [6, 6.07) is 9.48. The van der Waals surface area contributed by atoms with Crippen LogP contribution in [0.25, 0.3) is 0 Å². The van der Waals surface area contributed by atoms with E-state index < -0.39 is 0 Å². The molecular formula is C16H20N2O3. The van der Waals surface area contributed by atoms with Crippen molar-refractivity contribution in [2.24, 2.45) is 23.5 Å². The summed E-state index contributed by atoms with van der Waals surface area (Å²) in [4.78, 5) is 25.5. The molecule has 0 unspecified atom stereocenters. The first-order valence-electron chi connectivity index (χ1n) is 7.41. The average molecular weight is 288 g/mol. The monoisotopic (exact) mass is 288 g/mol. The summed E-state index contributed by atoms with van der Waals surface area (Å²) in [5.74, 6) is 0.438. The van der Waals surface area contributed by atoms with E-state index in [1.165, 1.54) is 0 Å². The van der Waals surface area contributed by atoms with E-state index in [9.17, 15) is 9.59 Å². The molecule has 1 saturated carbocycles. The largest absolute Gasteiger partial charge is 0.493 e. The number of carbonyl (C=O) groups is 2. The van der Waals surface area contributed by atoms with Crippen LogP contribution in [0.15, 0.2) is 30.3 Å². The fourth-order valence-electron chi connectivity index (χ4n) is 2.85. The van der Waals surface area contributed by atoms with Crippen LogP contribution in [-0.2, 0) is 9.59 Å². The zero-order valence-corrected chi connectivity index (χ0v) is 11.9. The van der Waals surface area contributed by atoms with Crippen molar-refractivity contribution in [3.05, 3.63) is 30.3 Å². The van der Waals surface area contributed by atoms with E-state index in [2.05, 4.69) is 0 Å². The van der Waals surface area contributed by atoms with E-state index in [1.54, 1.807) is 4.90 Å². The molecule has 0 radical (unpaired) electrons. The third-order valence-corrected chi connectivity index (χ3v) is 4.25. The molecule has 2 aliphatic rings. The van der Waals surface area contributed by atoms with Crippen molar-refractivity contribution in [2.45, 2.75) is 12.8 Å². The molecule has 1 saturated heterocycles. The lowest BCUT2D eigenvalue weighted by atomic mass is 9.96. The quantitative estimate of drug-likeness (QED) is 0.879. The van der Waals surface area contributed by atoms with Crippen molar-refractivity contribution in [1.82, 2.24) is 4.90 Å². The second-order valence-electron chi connectivity index (χ2n) is 5.91. The maximum absolute atomic E-state index is 12.1. The Morgan fingerprint density at radius 3 is 2.52 bits per heavy atom. The molecule has 2 atom stereocenters. The lowest BCUT2D eigenvalue weighted by Crippen LogP contribution is -2.33. The predicted molar refractivity (Wildman–Crippen MR) is 77.4 cm³/mol. The number of hydrogen-bond donors (Lipinski definition) is 1. The van der Waals surface area contributed by atoms with Gasteiger partial charge in [0.15, 0.2) is 0 Å². The Morgan fingerprint density at radius 1 is 1.19 bits per heavy atom. The maximum Gasteiger partial charge on any atom is 0.225 e. The van der Waals surface area contributed by atoms with Crippen molar-refractivity contribution in [3.63, 3.8) is 0 Å². The molecule has 2 fully saturated rings. The van der Waals surface area contributed by atoms with Crippen LogP contribution in [0.5, 0.6) is 5.75 Å². The lowest BCUT2D eigenvalue weighted by molar-refractivity contribution is -0.131. The highest BCUT2D eigenvalue weighted by Gasteiger charge is 2.42. The summed E-state index contributed by atoms with van der Waals surface area (Å²) in [6.07, 6.45) is 1.95. The van der Waals surface area contributed by atoms with E-state index in [4.69, 9.17) is 10.5 Å². The van der Waals surface area contributed by atoms with Crippen LogP contribution >= 0.6 is 0 Å². The minimum Gasteiger partial charge on any atom is -0.493 e. The molecule has 3 rings (SSSR count). The average Bonchev–Trinajstić information content (AvgIpc) is 3.24. The van der Waals surface area contributed by atoms with Crippen molar-refractivity contribution < 1.29 is 14.3 Å². The van der Waals surface area contributed by atoms with Gasteiger partial charge in [0, 0.05) is 24.9 Å². The summed E-state index contributed by atoms with van der Waals surface area (Å²) in [7, 11) is 0. The van der Waals surface area contributed by atoms with E-state index in [0.29, 0.717) is 19.7 Å². The van der Waals surface area contributed by atoms with Gasteiger partial charge in [0.1, 0.15) is 5.75 Å². The number of nitrogens with two attached hydrogens (primary N) is 1. The third-order valence-electron chi connectivity index (χ3n) is 4.25. The Morgan fingerprint density at radius 2 is 1.90 bits per heavy atom. The molecule has 112 valence electrons. The van der Waals surface area contributed by atoms with Gasteiger partial charge >= 0.3 is 0 Å². The number of hydrogen-bond acceptors (Lipinski definition) is 3. The molecule has 1 aliphatic carbocycles. The van der Waals surface area contributed by atoms with Crippen LogP contribution in [-0.4, -0.2) is 36.4 Å². The van der Waals surface area contributed by atoms with Crippen LogP contribution in [0, 0.1) is 17.8 Å². The lowest BCUT2D eigenvalue weighted by Gasteiger charge is -2.16. The molecule has 5 nitrogen and oxygen atoms in total. The summed E-state index contributed by atoms with van der Waals surface area (Å²) in [6.45, 7) is 1.41. The summed E-state index contributed by atoms with van der Waals surface area (Å²) >= 11 is 0. The van der Waals surface area contributed by atoms with Gasteiger partial charge in [0.2, 0.25) is 11.8 Å². The molecule has 21 heavy (non-hydrogen) atoms. The Balaban J connectivity index is 1.61. The smallest absolute Gasteiger partial charge is 0.225 e. The van der Waals surface area contributed by atoms with Crippen LogP contribution in [0.2, 0.25) is 0 Å². The van der Waals surface area contributed by atoms with E-state index in [-0.39, 0.29) is 29.6 Å². The number of nitrogens with zero attached hydrogens (tertiary/aromatic N) is 1. The van der Waals surface area contributed by atoms with Crippen LogP contribution in [0.3, 0.4) is 0 Å². The van der Waals surface area contributed by atoms with Gasteiger partial charge in [0.05, 0.1) is 12.5 Å². The number of para-hydroxylation sites is 1. The fourth-order valence-corrected chi connectivity index (χ4v) is 2.85. The number of carbonyl (C=O) groups excluding carboxylic acids is 2. The van der Waals surface area contributed by atoms with Crippen molar-refractivity contribution in [1.29, 1.82) is 0 Å². The topological polar surface area (TPSA) is 72.6 Å². The van der Waals surface area contributed by atoms with Gasteiger partial charge in [-0.2, -0.15) is 0 Å². The van der Waals surface area contributed by atoms with Crippen LogP contribution in [0.4, 0.5) is 0 Å². The molecule has 1 aliphatic heterocycles. The molecule has 2 amide bonds.